The summed E-state index contributed by atoms with van der Waals surface area (Å²) in [6.07, 6.45) is 0. The van der Waals surface area contributed by atoms with Gasteiger partial charge in [0.2, 0.25) is 5.89 Å². The van der Waals surface area contributed by atoms with Crippen LogP contribution in [0.5, 0.6) is 0 Å². The summed E-state index contributed by atoms with van der Waals surface area (Å²) >= 11 is 0. The van der Waals surface area contributed by atoms with E-state index in [1.165, 1.54) is 38.9 Å². The first-order chi connectivity index (χ1) is 29.5. The van der Waals surface area contributed by atoms with Crippen LogP contribution in [-0.2, 0) is 5.41 Å². The van der Waals surface area contributed by atoms with Crippen molar-refractivity contribution < 1.29 is 8.83 Å². The molecule has 0 spiro atoms. The van der Waals surface area contributed by atoms with Crippen LogP contribution in [0.25, 0.3) is 88.6 Å². The second-order valence-corrected chi connectivity index (χ2v) is 16.3. The smallest absolute Gasteiger partial charge is 0.227 e. The van der Waals surface area contributed by atoms with Gasteiger partial charge in [0.05, 0.1) is 5.69 Å². The summed E-state index contributed by atoms with van der Waals surface area (Å²) in [4.78, 5) is 7.25. The van der Waals surface area contributed by atoms with Crippen LogP contribution in [0.4, 0.5) is 17.1 Å². The van der Waals surface area contributed by atoms with Crippen molar-refractivity contribution in [3.63, 3.8) is 0 Å². The first-order valence-electron chi connectivity index (χ1n) is 20.5. The number of benzene rings is 9. The summed E-state index contributed by atoms with van der Waals surface area (Å²) < 4.78 is 13.0. The summed E-state index contributed by atoms with van der Waals surface area (Å²) in [5.41, 5.74) is 17.3. The highest BCUT2D eigenvalue weighted by Crippen LogP contribution is 2.52. The number of fused-ring (bicyclic) bond motifs is 9. The monoisotopic (exact) mass is 770 g/mol. The fourth-order valence-corrected chi connectivity index (χ4v) is 9.44. The molecule has 0 N–H and O–H groups in total. The molecule has 284 valence electrons. The first-order valence-corrected chi connectivity index (χ1v) is 20.5. The molecule has 0 amide bonds. The zero-order valence-electron chi connectivity index (χ0n) is 33.2. The Morgan fingerprint density at radius 2 is 1.03 bits per heavy atom. The van der Waals surface area contributed by atoms with Gasteiger partial charge >= 0.3 is 0 Å². The molecule has 1 aliphatic rings. The lowest BCUT2D eigenvalue weighted by atomic mass is 9.82. The topological polar surface area (TPSA) is 42.4 Å². The van der Waals surface area contributed by atoms with E-state index in [1.807, 2.05) is 36.4 Å². The molecule has 2 aromatic heterocycles. The predicted molar refractivity (Wildman–Crippen MR) is 247 cm³/mol. The minimum atomic E-state index is -0.156. The van der Waals surface area contributed by atoms with Crippen LogP contribution >= 0.6 is 0 Å². The lowest BCUT2D eigenvalue weighted by Crippen LogP contribution is -2.16. The molecule has 0 aliphatic heterocycles. The van der Waals surface area contributed by atoms with E-state index in [2.05, 4.69) is 176 Å². The lowest BCUT2D eigenvalue weighted by Gasteiger charge is -2.29. The average molecular weight is 771 g/mol. The van der Waals surface area contributed by atoms with E-state index in [4.69, 9.17) is 13.8 Å². The quantitative estimate of drug-likeness (QED) is 0.169. The average Bonchev–Trinajstić information content (AvgIpc) is 3.97. The standard InChI is InChI=1S/C56H38N2O2/c1-56(2)48-17-9-8-14-42(48)43-30-29-41(33-49(43)56)58(40-27-24-38(25-28-40)37-22-20-36(21-23-37)35-12-4-3-5-13-35)51-34-47-46-32-39(55-57-50-18-10-11-19-53(50)60-55)26-31-52(46)59-54(47)45-16-7-6-15-44(45)51/h3-34H,1-2H3. The minimum absolute atomic E-state index is 0.156. The Morgan fingerprint density at radius 1 is 0.417 bits per heavy atom. The molecule has 9 aromatic carbocycles. The molecule has 0 saturated carbocycles. The maximum Gasteiger partial charge on any atom is 0.227 e. The summed E-state index contributed by atoms with van der Waals surface area (Å²) in [7, 11) is 0. The maximum atomic E-state index is 6.72. The molecular formula is C56H38N2O2. The van der Waals surface area contributed by atoms with Gasteiger partial charge in [-0.1, -0.05) is 147 Å². The van der Waals surface area contributed by atoms with Crippen molar-refractivity contribution in [3.8, 4) is 44.8 Å². The van der Waals surface area contributed by atoms with Crippen molar-refractivity contribution in [2.75, 3.05) is 4.90 Å². The van der Waals surface area contributed by atoms with Crippen molar-refractivity contribution in [3.05, 3.63) is 205 Å². The van der Waals surface area contributed by atoms with E-state index < -0.39 is 0 Å². The first kappa shape index (κ1) is 34.4. The fraction of sp³-hybridized carbons (Fsp3) is 0.0536. The number of para-hydroxylation sites is 2. The Kier molecular flexibility index (Phi) is 7.54. The third-order valence-electron chi connectivity index (χ3n) is 12.5. The molecular weight excluding hydrogens is 733 g/mol. The van der Waals surface area contributed by atoms with Gasteiger partial charge in [0.15, 0.2) is 5.58 Å². The van der Waals surface area contributed by atoms with E-state index >= 15 is 0 Å². The SMILES string of the molecule is CC1(C)c2ccccc2-c2ccc(N(c3ccc(-c4ccc(-c5ccccc5)cc4)cc3)c3cc4c5cc(-c6nc7ccccc7o6)ccc5oc4c4ccccc34)cc21. The number of rotatable bonds is 6. The van der Waals surface area contributed by atoms with Crippen LogP contribution in [0, 0.1) is 0 Å². The molecule has 1 aliphatic carbocycles. The van der Waals surface area contributed by atoms with Gasteiger partial charge < -0.3 is 13.7 Å². The van der Waals surface area contributed by atoms with Crippen molar-refractivity contribution in [2.45, 2.75) is 19.3 Å². The Morgan fingerprint density at radius 3 is 1.82 bits per heavy atom. The fourth-order valence-electron chi connectivity index (χ4n) is 9.44. The van der Waals surface area contributed by atoms with E-state index in [1.54, 1.807) is 0 Å². The second-order valence-electron chi connectivity index (χ2n) is 16.3. The van der Waals surface area contributed by atoms with Gasteiger partial charge in [0, 0.05) is 43.9 Å². The third kappa shape index (κ3) is 5.34. The zero-order valence-corrected chi connectivity index (χ0v) is 33.2. The van der Waals surface area contributed by atoms with Crippen LogP contribution in [0.3, 0.4) is 0 Å². The molecule has 0 fully saturated rings. The third-order valence-corrected chi connectivity index (χ3v) is 12.5. The number of nitrogens with zero attached hydrogens (tertiary/aromatic N) is 2. The number of hydrogen-bond donors (Lipinski definition) is 0. The van der Waals surface area contributed by atoms with Gasteiger partial charge in [0.25, 0.3) is 0 Å². The Hall–Kier alpha value is -7.69. The highest BCUT2D eigenvalue weighted by atomic mass is 16.3. The Labute approximate surface area is 347 Å². The Bertz CT molecular complexity index is 3410. The largest absolute Gasteiger partial charge is 0.455 e. The summed E-state index contributed by atoms with van der Waals surface area (Å²) in [5.74, 6) is 0.589. The number of aromatic nitrogens is 1. The molecule has 11 aromatic rings. The molecule has 0 atom stereocenters. The predicted octanol–water partition coefficient (Wildman–Crippen LogP) is 15.7. The molecule has 4 heteroatoms. The van der Waals surface area contributed by atoms with Gasteiger partial charge in [-0.3, -0.25) is 0 Å². The molecule has 2 heterocycles. The minimum Gasteiger partial charge on any atom is -0.455 e. The molecule has 0 saturated heterocycles. The highest BCUT2D eigenvalue weighted by molar-refractivity contribution is 6.20. The second kappa shape index (κ2) is 13.2. The van der Waals surface area contributed by atoms with Gasteiger partial charge in [-0.25, -0.2) is 4.98 Å². The van der Waals surface area contributed by atoms with Gasteiger partial charge in [-0.15, -0.1) is 0 Å². The van der Waals surface area contributed by atoms with E-state index in [0.717, 1.165) is 72.0 Å². The summed E-state index contributed by atoms with van der Waals surface area (Å²) in [6.45, 7) is 4.69. The molecule has 0 bridgehead atoms. The maximum absolute atomic E-state index is 6.72. The van der Waals surface area contributed by atoms with E-state index in [0.29, 0.717) is 5.89 Å². The van der Waals surface area contributed by atoms with Crippen LogP contribution < -0.4 is 4.90 Å². The molecule has 4 nitrogen and oxygen atoms in total. The summed E-state index contributed by atoms with van der Waals surface area (Å²) in [5, 5.41) is 4.20. The van der Waals surface area contributed by atoms with Crippen molar-refractivity contribution in [1.82, 2.24) is 4.98 Å². The van der Waals surface area contributed by atoms with Crippen LogP contribution in [0.1, 0.15) is 25.0 Å². The zero-order chi connectivity index (χ0) is 40.0. The number of oxazole rings is 1. The molecule has 0 unspecified atom stereocenters. The van der Waals surface area contributed by atoms with Gasteiger partial charge in [-0.05, 0) is 105 Å². The van der Waals surface area contributed by atoms with Crippen LogP contribution in [0.2, 0.25) is 0 Å². The van der Waals surface area contributed by atoms with Crippen molar-refractivity contribution in [2.24, 2.45) is 0 Å². The van der Waals surface area contributed by atoms with Crippen LogP contribution in [-0.4, -0.2) is 4.98 Å². The molecule has 0 radical (unpaired) electrons. The number of hydrogen-bond acceptors (Lipinski definition) is 4. The Balaban J connectivity index is 1.05. The normalized spacial score (nSPS) is 13.0. The van der Waals surface area contributed by atoms with E-state index in [9.17, 15) is 0 Å². The van der Waals surface area contributed by atoms with E-state index in [-0.39, 0.29) is 5.41 Å². The highest BCUT2D eigenvalue weighted by Gasteiger charge is 2.36. The van der Waals surface area contributed by atoms with Crippen molar-refractivity contribution in [1.29, 1.82) is 0 Å². The summed E-state index contributed by atoms with van der Waals surface area (Å²) in [6, 6.07) is 69.3. The molecule has 12 rings (SSSR count). The van der Waals surface area contributed by atoms with Crippen molar-refractivity contribution >= 4 is 60.9 Å². The van der Waals surface area contributed by atoms with Gasteiger partial charge in [-0.2, -0.15) is 0 Å². The molecule has 60 heavy (non-hydrogen) atoms. The van der Waals surface area contributed by atoms with Gasteiger partial charge in [0.1, 0.15) is 16.7 Å². The van der Waals surface area contributed by atoms with Crippen LogP contribution in [0.15, 0.2) is 203 Å². The number of anilines is 3. The number of furan rings is 1. The lowest BCUT2D eigenvalue weighted by molar-refractivity contribution is 0.620.